The van der Waals surface area contributed by atoms with Crippen LogP contribution in [0.15, 0.2) is 22.5 Å². The molecule has 0 aliphatic carbocycles. The summed E-state index contributed by atoms with van der Waals surface area (Å²) >= 11 is 1.69. The van der Waals surface area contributed by atoms with Crippen molar-refractivity contribution in [2.75, 3.05) is 26.2 Å². The monoisotopic (exact) mass is 557 g/mol. The molecule has 2 N–H and O–H groups in total. The van der Waals surface area contributed by atoms with E-state index in [0.29, 0.717) is 38.6 Å². The molecule has 1 aliphatic rings. The molecule has 0 radical (unpaired) electrons. The molecule has 0 spiro atoms. The summed E-state index contributed by atoms with van der Waals surface area (Å²) in [6, 6.07) is 4.01. The van der Waals surface area contributed by atoms with Crippen molar-refractivity contribution in [3.63, 3.8) is 0 Å². The molecule has 7 nitrogen and oxygen atoms in total. The summed E-state index contributed by atoms with van der Waals surface area (Å²) in [6.45, 7) is 2.78. The van der Waals surface area contributed by atoms with Gasteiger partial charge in [0.05, 0.1) is 6.54 Å². The van der Waals surface area contributed by atoms with E-state index in [0.717, 1.165) is 18.1 Å². The third-order valence-corrected chi connectivity index (χ3v) is 5.76. The van der Waals surface area contributed by atoms with Gasteiger partial charge in [-0.05, 0) is 31.2 Å². The number of hydrogen-bond donors (Lipinski definition) is 2. The summed E-state index contributed by atoms with van der Waals surface area (Å²) in [4.78, 5) is 7.27. The Morgan fingerprint density at radius 1 is 1.37 bits per heavy atom. The molecule has 3 rings (SSSR count). The third kappa shape index (κ3) is 7.69. The molecule has 1 saturated heterocycles. The van der Waals surface area contributed by atoms with E-state index in [-0.39, 0.29) is 30.0 Å². The first-order chi connectivity index (χ1) is 13.8. The topological polar surface area (TPSA) is 70.4 Å². The van der Waals surface area contributed by atoms with Crippen LogP contribution in [0.25, 0.3) is 0 Å². The lowest BCUT2D eigenvalue weighted by molar-refractivity contribution is -0.143. The van der Waals surface area contributed by atoms with E-state index in [1.54, 1.807) is 11.3 Å². The van der Waals surface area contributed by atoms with E-state index in [2.05, 4.69) is 31.9 Å². The number of nitrogens with one attached hydrogen (secondary N) is 2. The molecule has 30 heavy (non-hydrogen) atoms. The molecule has 1 unspecified atom stereocenters. The van der Waals surface area contributed by atoms with Crippen LogP contribution in [-0.4, -0.2) is 64.0 Å². The normalized spacial score (nSPS) is 17.8. The van der Waals surface area contributed by atoms with Gasteiger partial charge in [0.2, 0.25) is 0 Å². The number of likely N-dealkylation sites (tertiary alicyclic amines) is 1. The summed E-state index contributed by atoms with van der Waals surface area (Å²) in [7, 11) is 1.88. The highest BCUT2D eigenvalue weighted by molar-refractivity contribution is 14.0. The number of aryl methyl sites for hydroxylation is 1. The quantitative estimate of drug-likeness (QED) is 0.312. The molecule has 3 heterocycles. The number of aliphatic imine (C=N–C) groups is 1. The van der Waals surface area contributed by atoms with Crippen LogP contribution in [0.2, 0.25) is 0 Å². The van der Waals surface area contributed by atoms with E-state index < -0.39 is 12.7 Å². The van der Waals surface area contributed by atoms with Crippen LogP contribution in [0.4, 0.5) is 13.2 Å². The minimum absolute atomic E-state index is 0. The fourth-order valence-electron chi connectivity index (χ4n) is 3.19. The first-order valence-corrected chi connectivity index (χ1v) is 10.4. The maximum absolute atomic E-state index is 12.6. The maximum Gasteiger partial charge on any atom is 0.401 e. The lowest BCUT2D eigenvalue weighted by Crippen LogP contribution is -2.45. The zero-order chi connectivity index (χ0) is 20.9. The Hall–Kier alpha value is -1.41. The molecule has 1 fully saturated rings. The Morgan fingerprint density at radius 2 is 2.17 bits per heavy atom. The predicted octanol–water partition coefficient (Wildman–Crippen LogP) is 2.72. The predicted molar refractivity (Wildman–Crippen MR) is 122 cm³/mol. The minimum Gasteiger partial charge on any atom is -0.356 e. The van der Waals surface area contributed by atoms with Crippen molar-refractivity contribution >= 4 is 41.3 Å². The molecular weight excluding hydrogens is 530 g/mol. The second-order valence-corrected chi connectivity index (χ2v) is 8.16. The first-order valence-electron chi connectivity index (χ1n) is 9.51. The smallest absolute Gasteiger partial charge is 0.356 e. The summed E-state index contributed by atoms with van der Waals surface area (Å²) in [5.41, 5.74) is 0. The van der Waals surface area contributed by atoms with Crippen LogP contribution >= 0.6 is 35.3 Å². The van der Waals surface area contributed by atoms with Crippen molar-refractivity contribution in [2.24, 2.45) is 12.0 Å². The van der Waals surface area contributed by atoms with Gasteiger partial charge in [-0.2, -0.15) is 13.2 Å². The second-order valence-electron chi connectivity index (χ2n) is 7.12. The van der Waals surface area contributed by atoms with Gasteiger partial charge in [-0.3, -0.25) is 4.90 Å². The van der Waals surface area contributed by atoms with Crippen LogP contribution in [-0.2, 0) is 20.0 Å². The van der Waals surface area contributed by atoms with Crippen molar-refractivity contribution in [1.29, 1.82) is 0 Å². The van der Waals surface area contributed by atoms with E-state index in [1.807, 2.05) is 30.0 Å². The van der Waals surface area contributed by atoms with Gasteiger partial charge in [-0.1, -0.05) is 6.07 Å². The minimum atomic E-state index is -4.17. The van der Waals surface area contributed by atoms with Gasteiger partial charge in [0.25, 0.3) is 0 Å². The summed E-state index contributed by atoms with van der Waals surface area (Å²) in [6.07, 6.45) is -2.68. The molecule has 2 aromatic rings. The number of nitrogens with zero attached hydrogens (tertiary/aromatic N) is 5. The van der Waals surface area contributed by atoms with Crippen molar-refractivity contribution in [3.05, 3.63) is 34.0 Å². The van der Waals surface area contributed by atoms with Gasteiger partial charge in [-0.15, -0.1) is 45.5 Å². The summed E-state index contributed by atoms with van der Waals surface area (Å²) < 4.78 is 39.8. The fourth-order valence-corrected chi connectivity index (χ4v) is 3.90. The largest absolute Gasteiger partial charge is 0.401 e. The van der Waals surface area contributed by atoms with Gasteiger partial charge in [0, 0.05) is 37.6 Å². The molecule has 2 aromatic heterocycles. The number of hydrogen-bond acceptors (Lipinski definition) is 5. The molecule has 0 aromatic carbocycles. The highest BCUT2D eigenvalue weighted by Gasteiger charge is 2.34. The molecule has 1 atom stereocenters. The lowest BCUT2D eigenvalue weighted by atomic mass is 10.3. The summed E-state index contributed by atoms with van der Waals surface area (Å²) in [5, 5.41) is 16.7. The number of thiophene rings is 1. The van der Waals surface area contributed by atoms with Crippen molar-refractivity contribution in [3.8, 4) is 0 Å². The van der Waals surface area contributed by atoms with E-state index in [9.17, 15) is 13.2 Å². The van der Waals surface area contributed by atoms with Gasteiger partial charge < -0.3 is 15.2 Å². The average Bonchev–Trinajstić information content (AvgIpc) is 3.37. The van der Waals surface area contributed by atoms with Crippen molar-refractivity contribution in [2.45, 2.75) is 38.5 Å². The van der Waals surface area contributed by atoms with Crippen LogP contribution in [0, 0.1) is 6.92 Å². The Kier molecular flexibility index (Phi) is 9.34. The number of rotatable bonds is 7. The van der Waals surface area contributed by atoms with Gasteiger partial charge in [0.15, 0.2) is 11.8 Å². The Morgan fingerprint density at radius 3 is 2.80 bits per heavy atom. The zero-order valence-electron chi connectivity index (χ0n) is 16.9. The van der Waals surface area contributed by atoms with E-state index in [1.165, 1.54) is 9.78 Å². The van der Waals surface area contributed by atoms with Gasteiger partial charge in [0.1, 0.15) is 12.4 Å². The molecule has 12 heteroatoms. The average molecular weight is 557 g/mol. The lowest BCUT2D eigenvalue weighted by Gasteiger charge is -2.20. The number of halogens is 4. The Labute approximate surface area is 195 Å². The van der Waals surface area contributed by atoms with E-state index in [4.69, 9.17) is 0 Å². The highest BCUT2D eigenvalue weighted by atomic mass is 127. The van der Waals surface area contributed by atoms with Crippen molar-refractivity contribution < 1.29 is 13.2 Å². The first kappa shape index (κ1) is 24.9. The third-order valence-electron chi connectivity index (χ3n) is 4.82. The highest BCUT2D eigenvalue weighted by Crippen LogP contribution is 2.20. The molecule has 0 saturated carbocycles. The van der Waals surface area contributed by atoms with Crippen LogP contribution in [0.5, 0.6) is 0 Å². The molecule has 0 amide bonds. The SMILES string of the molecule is Cc1nnc(CN=C(NCCc2cccs2)NC2CCN(CC(F)(F)F)C2)n1C.I. The number of guanidine groups is 1. The number of aromatic nitrogens is 3. The van der Waals surface area contributed by atoms with Crippen LogP contribution in [0.3, 0.4) is 0 Å². The fraction of sp³-hybridized carbons (Fsp3) is 0.611. The number of alkyl halides is 3. The molecular formula is C18H27F3IN7S. The van der Waals surface area contributed by atoms with Crippen LogP contribution < -0.4 is 10.6 Å². The van der Waals surface area contributed by atoms with Gasteiger partial charge >= 0.3 is 6.18 Å². The van der Waals surface area contributed by atoms with Crippen LogP contribution in [0.1, 0.15) is 22.9 Å². The standard InChI is InChI=1S/C18H26F3N7S.HI/c1-13-25-26-16(27(13)2)10-23-17(22-7-5-15-4-3-9-29-15)24-14-6-8-28(11-14)12-18(19,20)21;/h3-4,9,14H,5-8,10-12H2,1-2H3,(H2,22,23,24);1H. The molecule has 168 valence electrons. The van der Waals surface area contributed by atoms with Gasteiger partial charge in [-0.25, -0.2) is 4.99 Å². The second kappa shape index (κ2) is 11.3. The molecule has 0 bridgehead atoms. The maximum atomic E-state index is 12.6. The van der Waals surface area contributed by atoms with Crippen molar-refractivity contribution in [1.82, 2.24) is 30.3 Å². The summed E-state index contributed by atoms with van der Waals surface area (Å²) in [5.74, 6) is 2.11. The Balaban J connectivity index is 0.00000320. The zero-order valence-corrected chi connectivity index (χ0v) is 20.1. The Bertz CT molecular complexity index is 807. The van der Waals surface area contributed by atoms with E-state index >= 15 is 0 Å². The molecule has 1 aliphatic heterocycles.